The molecule has 1 fully saturated rings. The molecule has 1 aliphatic rings. The smallest absolute Gasteiger partial charge is 0.237 e. The van der Waals surface area contributed by atoms with Gasteiger partial charge in [0.05, 0.1) is 13.1 Å². The number of carbonyl (C=O) groups is 1. The van der Waals surface area contributed by atoms with Crippen LogP contribution in [0.2, 0.25) is 0 Å². The molecule has 0 atom stereocenters. The van der Waals surface area contributed by atoms with Crippen molar-refractivity contribution in [1.82, 2.24) is 15.1 Å². The van der Waals surface area contributed by atoms with Crippen molar-refractivity contribution in [3.05, 3.63) is 35.0 Å². The molecule has 104 valence electrons. The Kier molecular flexibility index (Phi) is 5.57. The van der Waals surface area contributed by atoms with Crippen molar-refractivity contribution in [3.63, 3.8) is 0 Å². The van der Waals surface area contributed by atoms with Crippen LogP contribution in [0, 0.1) is 0 Å². The molecule has 2 rings (SSSR count). The molecule has 0 unspecified atom stereocenters. The summed E-state index contributed by atoms with van der Waals surface area (Å²) < 4.78 is 0. The van der Waals surface area contributed by atoms with E-state index in [0.717, 1.165) is 26.2 Å². The summed E-state index contributed by atoms with van der Waals surface area (Å²) in [6.45, 7) is 9.41. The Bertz CT molecular complexity index is 399. The van der Waals surface area contributed by atoms with Gasteiger partial charge >= 0.3 is 0 Å². The Labute approximate surface area is 118 Å². The number of nitrogens with zero attached hydrogens (tertiary/aromatic N) is 2. The van der Waals surface area contributed by atoms with Gasteiger partial charge in [0.25, 0.3) is 0 Å². The Hall–Kier alpha value is -1.17. The van der Waals surface area contributed by atoms with E-state index in [9.17, 15) is 4.79 Å². The maximum absolute atomic E-state index is 12.3. The van der Waals surface area contributed by atoms with Crippen LogP contribution in [0.4, 0.5) is 0 Å². The lowest BCUT2D eigenvalue weighted by atomic mass is 10.3. The van der Waals surface area contributed by atoms with E-state index >= 15 is 0 Å². The molecular weight excluding hydrogens is 258 g/mol. The van der Waals surface area contributed by atoms with Gasteiger partial charge < -0.3 is 10.2 Å². The number of thiophene rings is 1. The van der Waals surface area contributed by atoms with E-state index in [1.54, 1.807) is 17.4 Å². The van der Waals surface area contributed by atoms with Crippen molar-refractivity contribution in [2.45, 2.75) is 6.54 Å². The Morgan fingerprint density at radius 3 is 2.95 bits per heavy atom. The third-order valence-corrected chi connectivity index (χ3v) is 4.06. The summed E-state index contributed by atoms with van der Waals surface area (Å²) in [4.78, 5) is 17.7. The van der Waals surface area contributed by atoms with Gasteiger partial charge in [0.15, 0.2) is 0 Å². The fourth-order valence-electron chi connectivity index (χ4n) is 2.16. The average molecular weight is 279 g/mol. The van der Waals surface area contributed by atoms with Gasteiger partial charge in [0.1, 0.15) is 0 Å². The minimum absolute atomic E-state index is 0.190. The zero-order chi connectivity index (χ0) is 13.5. The van der Waals surface area contributed by atoms with Gasteiger partial charge in [-0.3, -0.25) is 9.69 Å². The zero-order valence-corrected chi connectivity index (χ0v) is 12.0. The van der Waals surface area contributed by atoms with Crippen molar-refractivity contribution in [2.24, 2.45) is 0 Å². The molecule has 0 radical (unpaired) electrons. The summed E-state index contributed by atoms with van der Waals surface area (Å²) in [5.74, 6) is 0.190. The third kappa shape index (κ3) is 4.45. The third-order valence-electron chi connectivity index (χ3n) is 3.20. The van der Waals surface area contributed by atoms with E-state index in [0.29, 0.717) is 19.6 Å². The lowest BCUT2D eigenvalue weighted by Crippen LogP contribution is -2.48. The van der Waals surface area contributed by atoms with Crippen LogP contribution in [0.3, 0.4) is 0 Å². The maximum Gasteiger partial charge on any atom is 0.237 e. The van der Waals surface area contributed by atoms with E-state index < -0.39 is 0 Å². The number of hydrogen-bond acceptors (Lipinski definition) is 4. The van der Waals surface area contributed by atoms with Crippen LogP contribution < -0.4 is 5.32 Å². The van der Waals surface area contributed by atoms with E-state index in [2.05, 4.69) is 22.9 Å². The van der Waals surface area contributed by atoms with E-state index in [1.165, 1.54) is 4.88 Å². The van der Waals surface area contributed by atoms with Gasteiger partial charge in [0.2, 0.25) is 5.91 Å². The average Bonchev–Trinajstić information content (AvgIpc) is 2.92. The van der Waals surface area contributed by atoms with Crippen molar-refractivity contribution in [1.29, 1.82) is 0 Å². The quantitative estimate of drug-likeness (QED) is 0.794. The van der Waals surface area contributed by atoms with Crippen molar-refractivity contribution < 1.29 is 4.79 Å². The van der Waals surface area contributed by atoms with E-state index in [-0.39, 0.29) is 5.91 Å². The summed E-state index contributed by atoms with van der Waals surface area (Å²) in [5, 5.41) is 5.34. The molecule has 0 bridgehead atoms. The second-order valence-corrected chi connectivity index (χ2v) is 5.70. The van der Waals surface area contributed by atoms with Crippen LogP contribution in [-0.2, 0) is 11.3 Å². The Morgan fingerprint density at radius 2 is 2.32 bits per heavy atom. The van der Waals surface area contributed by atoms with Gasteiger partial charge in [0, 0.05) is 37.6 Å². The molecule has 4 nitrogen and oxygen atoms in total. The molecule has 5 heteroatoms. The lowest BCUT2D eigenvalue weighted by Gasteiger charge is -2.29. The standard InChI is InChI=1S/C14H21N3OS/c1-2-7-17(11-13-4-3-10-19-13)14(18)12-16-8-5-15-6-9-16/h2-4,10,15H,1,5-9,11-12H2. The normalized spacial score (nSPS) is 16.2. The van der Waals surface area contributed by atoms with Crippen LogP contribution in [0.15, 0.2) is 30.2 Å². The number of rotatable bonds is 6. The number of piperazine rings is 1. The molecule has 2 heterocycles. The Balaban J connectivity index is 1.89. The summed E-state index contributed by atoms with van der Waals surface area (Å²) in [6.07, 6.45) is 1.79. The first-order valence-corrected chi connectivity index (χ1v) is 7.51. The number of carbonyl (C=O) groups excluding carboxylic acids is 1. The molecule has 0 aromatic carbocycles. The molecular formula is C14H21N3OS. The predicted molar refractivity (Wildman–Crippen MR) is 79.2 cm³/mol. The first-order chi connectivity index (χ1) is 9.29. The molecule has 1 aliphatic heterocycles. The molecule has 1 N–H and O–H groups in total. The lowest BCUT2D eigenvalue weighted by molar-refractivity contribution is -0.132. The molecule has 0 spiro atoms. The first-order valence-electron chi connectivity index (χ1n) is 6.63. The largest absolute Gasteiger partial charge is 0.333 e. The minimum atomic E-state index is 0.190. The van der Waals surface area contributed by atoms with Crippen LogP contribution in [0.1, 0.15) is 4.88 Å². The van der Waals surface area contributed by atoms with E-state index in [1.807, 2.05) is 16.3 Å². The van der Waals surface area contributed by atoms with Crippen LogP contribution in [-0.4, -0.2) is 55.0 Å². The highest BCUT2D eigenvalue weighted by molar-refractivity contribution is 7.09. The monoisotopic (exact) mass is 279 g/mol. The molecule has 1 amide bonds. The SMILES string of the molecule is C=CCN(Cc1cccs1)C(=O)CN1CCNCC1. The summed E-state index contributed by atoms with van der Waals surface area (Å²) >= 11 is 1.69. The van der Waals surface area contributed by atoms with Gasteiger partial charge in [-0.15, -0.1) is 17.9 Å². The molecule has 19 heavy (non-hydrogen) atoms. The summed E-state index contributed by atoms with van der Waals surface area (Å²) in [7, 11) is 0. The van der Waals surface area contributed by atoms with Gasteiger partial charge in [-0.2, -0.15) is 0 Å². The van der Waals surface area contributed by atoms with Crippen molar-refractivity contribution in [2.75, 3.05) is 39.3 Å². The number of nitrogens with one attached hydrogen (secondary N) is 1. The van der Waals surface area contributed by atoms with Crippen LogP contribution in [0.5, 0.6) is 0 Å². The van der Waals surface area contributed by atoms with Crippen molar-refractivity contribution in [3.8, 4) is 0 Å². The summed E-state index contributed by atoms with van der Waals surface area (Å²) in [5.41, 5.74) is 0. The second-order valence-electron chi connectivity index (χ2n) is 4.67. The molecule has 1 aromatic rings. The highest BCUT2D eigenvalue weighted by Gasteiger charge is 2.18. The van der Waals surface area contributed by atoms with Crippen LogP contribution in [0.25, 0.3) is 0 Å². The minimum Gasteiger partial charge on any atom is -0.333 e. The maximum atomic E-state index is 12.3. The second kappa shape index (κ2) is 7.43. The van der Waals surface area contributed by atoms with E-state index in [4.69, 9.17) is 0 Å². The molecule has 0 aliphatic carbocycles. The zero-order valence-electron chi connectivity index (χ0n) is 11.2. The molecule has 0 saturated carbocycles. The summed E-state index contributed by atoms with van der Waals surface area (Å²) in [6, 6.07) is 4.09. The van der Waals surface area contributed by atoms with Gasteiger partial charge in [-0.1, -0.05) is 12.1 Å². The fourth-order valence-corrected chi connectivity index (χ4v) is 2.88. The van der Waals surface area contributed by atoms with Crippen LogP contribution >= 0.6 is 11.3 Å². The predicted octanol–water partition coefficient (Wildman–Crippen LogP) is 1.17. The highest BCUT2D eigenvalue weighted by Crippen LogP contribution is 2.12. The topological polar surface area (TPSA) is 35.6 Å². The van der Waals surface area contributed by atoms with Crippen molar-refractivity contribution >= 4 is 17.2 Å². The van der Waals surface area contributed by atoms with Gasteiger partial charge in [-0.25, -0.2) is 0 Å². The fraction of sp³-hybridized carbons (Fsp3) is 0.500. The highest BCUT2D eigenvalue weighted by atomic mass is 32.1. The number of hydrogen-bond donors (Lipinski definition) is 1. The Morgan fingerprint density at radius 1 is 1.53 bits per heavy atom. The molecule has 1 saturated heterocycles. The first kappa shape index (κ1) is 14.2. The number of amides is 1. The molecule has 1 aromatic heterocycles. The van der Waals surface area contributed by atoms with Gasteiger partial charge in [-0.05, 0) is 11.4 Å².